The molecule has 0 fully saturated rings. The van der Waals surface area contributed by atoms with E-state index < -0.39 is 6.09 Å². The molecule has 1 atom stereocenters. The van der Waals surface area contributed by atoms with Crippen molar-refractivity contribution in [2.24, 2.45) is 11.3 Å². The second-order valence-corrected chi connectivity index (χ2v) is 7.70. The quantitative estimate of drug-likeness (QED) is 0.375. The fraction of sp³-hybridized carbons (Fsp3) is 0.667. The zero-order valence-corrected chi connectivity index (χ0v) is 17.4. The summed E-state index contributed by atoms with van der Waals surface area (Å²) in [7, 11) is 0. The van der Waals surface area contributed by atoms with Crippen molar-refractivity contribution in [3.8, 4) is 0 Å². The Kier molecular flexibility index (Phi) is 10.4. The zero-order valence-electron chi connectivity index (χ0n) is 17.4. The summed E-state index contributed by atoms with van der Waals surface area (Å²) in [5.74, 6) is 0.279. The Morgan fingerprint density at radius 2 is 1.70 bits per heavy atom. The predicted molar refractivity (Wildman–Crippen MR) is 108 cm³/mol. The van der Waals surface area contributed by atoms with Gasteiger partial charge in [-0.15, -0.1) is 0 Å². The maximum absolute atomic E-state index is 10.8. The number of rotatable bonds is 12. The highest BCUT2D eigenvalue weighted by atomic mass is 16.7. The molecule has 154 valence electrons. The van der Waals surface area contributed by atoms with Crippen molar-refractivity contribution in [1.29, 1.82) is 0 Å². The first-order valence-corrected chi connectivity index (χ1v) is 9.77. The molecule has 0 aromatic heterocycles. The van der Waals surface area contributed by atoms with E-state index in [0.717, 1.165) is 25.1 Å². The average molecular weight is 381 g/mol. The van der Waals surface area contributed by atoms with E-state index in [-0.39, 0.29) is 17.6 Å². The zero-order chi connectivity index (χ0) is 20.3. The lowest BCUT2D eigenvalue weighted by molar-refractivity contribution is -0.140. The van der Waals surface area contributed by atoms with Gasteiger partial charge >= 0.3 is 6.09 Å². The van der Waals surface area contributed by atoms with Crippen molar-refractivity contribution in [1.82, 2.24) is 10.6 Å². The number of carbonyl (C=O) groups is 1. The van der Waals surface area contributed by atoms with E-state index in [1.807, 2.05) is 26.0 Å². The van der Waals surface area contributed by atoms with Crippen molar-refractivity contribution >= 4 is 6.09 Å². The molecule has 0 saturated carbocycles. The van der Waals surface area contributed by atoms with E-state index in [4.69, 9.17) is 14.6 Å². The Morgan fingerprint density at radius 1 is 1.11 bits per heavy atom. The molecule has 27 heavy (non-hydrogen) atoms. The second kappa shape index (κ2) is 12.0. The van der Waals surface area contributed by atoms with Gasteiger partial charge in [0, 0.05) is 31.9 Å². The number of benzene rings is 1. The molecule has 0 aliphatic rings. The Labute approximate surface area is 163 Å². The minimum absolute atomic E-state index is 0.0549. The van der Waals surface area contributed by atoms with Gasteiger partial charge in [0.1, 0.15) is 0 Å². The topological polar surface area (TPSA) is 79.8 Å². The van der Waals surface area contributed by atoms with E-state index in [9.17, 15) is 4.79 Å². The first-order valence-electron chi connectivity index (χ1n) is 9.77. The summed E-state index contributed by atoms with van der Waals surface area (Å²) >= 11 is 0. The van der Waals surface area contributed by atoms with Gasteiger partial charge in [0.2, 0.25) is 0 Å². The van der Waals surface area contributed by atoms with Gasteiger partial charge in [0.25, 0.3) is 0 Å². The van der Waals surface area contributed by atoms with Gasteiger partial charge in [0.15, 0.2) is 6.29 Å². The molecule has 3 N–H and O–H groups in total. The third-order valence-electron chi connectivity index (χ3n) is 4.61. The van der Waals surface area contributed by atoms with Crippen molar-refractivity contribution in [3.63, 3.8) is 0 Å². The van der Waals surface area contributed by atoms with Crippen LogP contribution in [0.4, 0.5) is 4.79 Å². The van der Waals surface area contributed by atoms with Gasteiger partial charge in [-0.1, -0.05) is 45.0 Å². The molecule has 0 aliphatic carbocycles. The number of carboxylic acid groups (broad SMARTS) is 1. The summed E-state index contributed by atoms with van der Waals surface area (Å²) in [5.41, 5.74) is 2.27. The van der Waals surface area contributed by atoms with E-state index in [1.165, 1.54) is 5.56 Å². The standard InChI is InChI=1S/C21H36N2O4/c1-6-26-19(27-7-2)17-10-8-16(9-11-17)14-22-13-12-18(21(3,4)5)15-23-20(24)25/h8-11,18-19,22-23H,6-7,12-15H2,1-5H3,(H,24,25). The van der Waals surface area contributed by atoms with Crippen LogP contribution in [0.5, 0.6) is 0 Å². The van der Waals surface area contributed by atoms with Gasteiger partial charge in [-0.2, -0.15) is 0 Å². The summed E-state index contributed by atoms with van der Waals surface area (Å²) in [6.45, 7) is 13.7. The molecule has 0 aliphatic heterocycles. The molecule has 1 aromatic rings. The molecule has 1 amide bonds. The lowest BCUT2D eigenvalue weighted by atomic mass is 9.78. The summed E-state index contributed by atoms with van der Waals surface area (Å²) in [6.07, 6.45) is -0.357. The van der Waals surface area contributed by atoms with E-state index >= 15 is 0 Å². The normalized spacial score (nSPS) is 13.0. The monoisotopic (exact) mass is 380 g/mol. The molecule has 0 heterocycles. The van der Waals surface area contributed by atoms with Crippen LogP contribution in [0, 0.1) is 11.3 Å². The fourth-order valence-corrected chi connectivity index (χ4v) is 2.90. The fourth-order valence-electron chi connectivity index (χ4n) is 2.90. The first-order chi connectivity index (χ1) is 12.8. The summed E-state index contributed by atoms with van der Waals surface area (Å²) < 4.78 is 11.2. The molecule has 0 bridgehead atoms. The molecular formula is C21H36N2O4. The molecule has 6 heteroatoms. The molecule has 1 aromatic carbocycles. The van der Waals surface area contributed by atoms with Gasteiger partial charge in [0.05, 0.1) is 0 Å². The molecule has 6 nitrogen and oxygen atoms in total. The predicted octanol–water partition coefficient (Wildman–Crippen LogP) is 4.17. The third-order valence-corrected chi connectivity index (χ3v) is 4.61. The first kappa shape index (κ1) is 23.4. The molecule has 0 radical (unpaired) electrons. The summed E-state index contributed by atoms with van der Waals surface area (Å²) in [4.78, 5) is 10.8. The van der Waals surface area contributed by atoms with Gasteiger partial charge in [-0.3, -0.25) is 0 Å². The van der Waals surface area contributed by atoms with E-state index in [0.29, 0.717) is 19.8 Å². The highest BCUT2D eigenvalue weighted by Crippen LogP contribution is 2.27. The highest BCUT2D eigenvalue weighted by molar-refractivity contribution is 5.64. The molecule has 1 unspecified atom stereocenters. The second-order valence-electron chi connectivity index (χ2n) is 7.70. The number of hydrogen-bond acceptors (Lipinski definition) is 4. The summed E-state index contributed by atoms with van der Waals surface area (Å²) in [5, 5.41) is 14.8. The highest BCUT2D eigenvalue weighted by Gasteiger charge is 2.24. The Hall–Kier alpha value is -1.63. The Bertz CT molecular complexity index is 534. The lowest BCUT2D eigenvalue weighted by Crippen LogP contribution is -2.36. The molecule has 0 spiro atoms. The molecular weight excluding hydrogens is 344 g/mol. The van der Waals surface area contributed by atoms with Crippen LogP contribution in [0.2, 0.25) is 0 Å². The van der Waals surface area contributed by atoms with Crippen LogP contribution in [0.3, 0.4) is 0 Å². The van der Waals surface area contributed by atoms with Crippen LogP contribution in [0.25, 0.3) is 0 Å². The largest absolute Gasteiger partial charge is 0.465 e. The molecule has 1 rings (SSSR count). The lowest BCUT2D eigenvalue weighted by Gasteiger charge is -2.30. The minimum Gasteiger partial charge on any atom is -0.465 e. The third kappa shape index (κ3) is 9.22. The number of hydrogen-bond donors (Lipinski definition) is 3. The van der Waals surface area contributed by atoms with E-state index in [2.05, 4.69) is 43.5 Å². The van der Waals surface area contributed by atoms with Crippen LogP contribution < -0.4 is 10.6 Å². The SMILES string of the molecule is CCOC(OCC)c1ccc(CNCCC(CNC(=O)O)C(C)(C)C)cc1. The van der Waals surface area contributed by atoms with Crippen molar-refractivity contribution < 1.29 is 19.4 Å². The van der Waals surface area contributed by atoms with Gasteiger partial charge in [-0.05, 0) is 43.7 Å². The van der Waals surface area contributed by atoms with E-state index in [1.54, 1.807) is 0 Å². The van der Waals surface area contributed by atoms with Crippen molar-refractivity contribution in [2.75, 3.05) is 26.3 Å². The van der Waals surface area contributed by atoms with Crippen molar-refractivity contribution in [3.05, 3.63) is 35.4 Å². The minimum atomic E-state index is -0.963. The maximum atomic E-state index is 10.8. The number of ether oxygens (including phenoxy) is 2. The smallest absolute Gasteiger partial charge is 0.404 e. The van der Waals surface area contributed by atoms with Crippen LogP contribution in [-0.4, -0.2) is 37.5 Å². The summed E-state index contributed by atoms with van der Waals surface area (Å²) in [6, 6.07) is 8.25. The van der Waals surface area contributed by atoms with Crippen LogP contribution in [0.15, 0.2) is 24.3 Å². The van der Waals surface area contributed by atoms with Crippen molar-refractivity contribution in [2.45, 2.75) is 53.9 Å². The van der Waals surface area contributed by atoms with Crippen LogP contribution in [0.1, 0.15) is 58.5 Å². The van der Waals surface area contributed by atoms with Crippen LogP contribution >= 0.6 is 0 Å². The average Bonchev–Trinajstić information content (AvgIpc) is 2.60. The van der Waals surface area contributed by atoms with Gasteiger partial charge < -0.3 is 25.2 Å². The Balaban J connectivity index is 2.47. The van der Waals surface area contributed by atoms with Crippen LogP contribution in [-0.2, 0) is 16.0 Å². The maximum Gasteiger partial charge on any atom is 0.404 e. The number of nitrogens with one attached hydrogen (secondary N) is 2. The number of amides is 1. The Morgan fingerprint density at radius 3 is 2.19 bits per heavy atom. The van der Waals surface area contributed by atoms with Gasteiger partial charge in [-0.25, -0.2) is 4.79 Å². The molecule has 0 saturated heterocycles.